The minimum atomic E-state index is -0.913. The Labute approximate surface area is 75.2 Å². The van der Waals surface area contributed by atoms with Gasteiger partial charge in [-0.1, -0.05) is 0 Å². The van der Waals surface area contributed by atoms with Gasteiger partial charge in [-0.05, 0) is 13.8 Å². The number of rotatable bonds is 0. The summed E-state index contributed by atoms with van der Waals surface area (Å²) in [6.07, 6.45) is -0.839. The molecular weight excluding hydrogens is 172 g/mol. The number of Topliss-reactive ketones (excluding diaryl/α,β-unsaturated/α-hetero) is 2. The number of ether oxygens (including phenoxy) is 2. The molecule has 0 aliphatic carbocycles. The second-order valence-corrected chi connectivity index (χ2v) is 4.42. The molecule has 3 aliphatic rings. The molecule has 0 saturated carbocycles. The first kappa shape index (κ1) is 7.64. The lowest BCUT2D eigenvalue weighted by Gasteiger charge is -2.48. The van der Waals surface area contributed by atoms with Gasteiger partial charge in [0.15, 0.2) is 17.7 Å². The summed E-state index contributed by atoms with van der Waals surface area (Å²) in [5, 5.41) is 0. The quantitative estimate of drug-likeness (QED) is 0.522. The summed E-state index contributed by atoms with van der Waals surface area (Å²) < 4.78 is 10.8. The lowest BCUT2D eigenvalue weighted by Crippen LogP contribution is -2.67. The topological polar surface area (TPSA) is 52.6 Å². The Morgan fingerprint density at radius 3 is 2.69 bits per heavy atom. The molecule has 4 heteroatoms. The van der Waals surface area contributed by atoms with Gasteiger partial charge in [-0.15, -0.1) is 0 Å². The molecule has 4 atom stereocenters. The Hall–Kier alpha value is -0.740. The van der Waals surface area contributed by atoms with Gasteiger partial charge in [0.25, 0.3) is 0 Å². The van der Waals surface area contributed by atoms with Crippen LogP contribution in [-0.2, 0) is 19.1 Å². The molecule has 0 amide bonds. The van der Waals surface area contributed by atoms with Gasteiger partial charge in [0, 0.05) is 6.42 Å². The van der Waals surface area contributed by atoms with Gasteiger partial charge >= 0.3 is 0 Å². The molecule has 3 saturated heterocycles. The van der Waals surface area contributed by atoms with E-state index in [0.717, 1.165) is 0 Å². The van der Waals surface area contributed by atoms with Crippen LogP contribution in [0, 0.1) is 0 Å². The highest BCUT2D eigenvalue weighted by Gasteiger charge is 2.74. The van der Waals surface area contributed by atoms with Gasteiger partial charge in [-0.3, -0.25) is 9.59 Å². The van der Waals surface area contributed by atoms with Crippen LogP contribution in [0.3, 0.4) is 0 Å². The van der Waals surface area contributed by atoms with Crippen LogP contribution >= 0.6 is 0 Å². The Bertz CT molecular complexity index is 337. The van der Waals surface area contributed by atoms with Gasteiger partial charge < -0.3 is 9.47 Å². The Morgan fingerprint density at radius 1 is 1.31 bits per heavy atom. The number of carbonyl (C=O) groups excluding carboxylic acids is 2. The molecule has 3 fully saturated rings. The second kappa shape index (κ2) is 1.72. The molecule has 70 valence electrons. The molecule has 0 unspecified atom stereocenters. The summed E-state index contributed by atoms with van der Waals surface area (Å²) in [6, 6.07) is 0. The predicted molar refractivity (Wildman–Crippen MR) is 41.2 cm³/mol. The summed E-state index contributed by atoms with van der Waals surface area (Å²) in [6.45, 7) is 3.46. The van der Waals surface area contributed by atoms with E-state index in [0.29, 0.717) is 0 Å². The third kappa shape index (κ3) is 0.596. The zero-order valence-electron chi connectivity index (χ0n) is 7.49. The van der Waals surface area contributed by atoms with E-state index in [1.165, 1.54) is 0 Å². The number of hydrogen-bond donors (Lipinski definition) is 0. The van der Waals surface area contributed by atoms with Crippen molar-refractivity contribution in [1.29, 1.82) is 0 Å². The van der Waals surface area contributed by atoms with Crippen molar-refractivity contribution in [3.63, 3.8) is 0 Å². The summed E-state index contributed by atoms with van der Waals surface area (Å²) in [4.78, 5) is 23.2. The Kier molecular flexibility index (Phi) is 1.01. The van der Waals surface area contributed by atoms with Crippen molar-refractivity contribution >= 4 is 11.6 Å². The van der Waals surface area contributed by atoms with Crippen molar-refractivity contribution < 1.29 is 19.1 Å². The molecule has 3 aliphatic heterocycles. The SMILES string of the molecule is C[C@@]12O[C@@]3(C)CC(=O)[C@@H]1O[C@@H]2C3=O. The van der Waals surface area contributed by atoms with Crippen molar-refractivity contribution in [2.45, 2.75) is 43.7 Å². The van der Waals surface area contributed by atoms with Crippen LogP contribution in [0.4, 0.5) is 0 Å². The third-order valence-corrected chi connectivity index (χ3v) is 3.32. The zero-order valence-corrected chi connectivity index (χ0v) is 7.49. The minimum Gasteiger partial charge on any atom is -0.354 e. The molecule has 0 spiro atoms. The maximum Gasteiger partial charge on any atom is 0.196 e. The molecule has 3 heterocycles. The average molecular weight is 182 g/mol. The zero-order chi connectivity index (χ0) is 9.43. The average Bonchev–Trinajstić information content (AvgIpc) is 2.11. The van der Waals surface area contributed by atoms with Crippen molar-refractivity contribution in [1.82, 2.24) is 0 Å². The molecule has 0 aromatic carbocycles. The van der Waals surface area contributed by atoms with Gasteiger partial charge in [0.1, 0.15) is 17.3 Å². The number of hydrogen-bond acceptors (Lipinski definition) is 4. The van der Waals surface area contributed by atoms with Crippen molar-refractivity contribution in [2.75, 3.05) is 0 Å². The van der Waals surface area contributed by atoms with E-state index in [9.17, 15) is 9.59 Å². The molecule has 0 radical (unpaired) electrons. The van der Waals surface area contributed by atoms with Gasteiger partial charge in [0.2, 0.25) is 0 Å². The van der Waals surface area contributed by atoms with Crippen LogP contribution in [0.25, 0.3) is 0 Å². The van der Waals surface area contributed by atoms with E-state index in [1.807, 2.05) is 0 Å². The van der Waals surface area contributed by atoms with Crippen molar-refractivity contribution in [2.24, 2.45) is 0 Å². The largest absolute Gasteiger partial charge is 0.354 e. The van der Waals surface area contributed by atoms with Crippen LogP contribution in [0.1, 0.15) is 20.3 Å². The Balaban J connectivity index is 2.16. The Morgan fingerprint density at radius 2 is 2.00 bits per heavy atom. The van der Waals surface area contributed by atoms with Crippen molar-refractivity contribution in [3.05, 3.63) is 0 Å². The van der Waals surface area contributed by atoms with E-state index < -0.39 is 23.4 Å². The fourth-order valence-corrected chi connectivity index (χ4v) is 2.66. The first-order valence-corrected chi connectivity index (χ1v) is 4.40. The molecule has 2 bridgehead atoms. The standard InChI is InChI=1S/C9H10O4/c1-8-3-4(10)6-9(2,13-8)7(12-6)5(8)11/h6-7H,3H2,1-2H3/t6-,7+,8-,9+/m0/s1. The van der Waals surface area contributed by atoms with E-state index in [2.05, 4.69) is 0 Å². The lowest BCUT2D eigenvalue weighted by atomic mass is 9.84. The highest BCUT2D eigenvalue weighted by molar-refractivity contribution is 6.05. The highest BCUT2D eigenvalue weighted by atomic mass is 16.7. The highest BCUT2D eigenvalue weighted by Crippen LogP contribution is 2.53. The molecular formula is C9H10O4. The third-order valence-electron chi connectivity index (χ3n) is 3.32. The van der Waals surface area contributed by atoms with E-state index in [1.54, 1.807) is 13.8 Å². The van der Waals surface area contributed by atoms with E-state index >= 15 is 0 Å². The van der Waals surface area contributed by atoms with E-state index in [4.69, 9.17) is 9.47 Å². The monoisotopic (exact) mass is 182 g/mol. The van der Waals surface area contributed by atoms with Gasteiger partial charge in [0.05, 0.1) is 0 Å². The lowest BCUT2D eigenvalue weighted by molar-refractivity contribution is -0.277. The van der Waals surface area contributed by atoms with Gasteiger partial charge in [-0.25, -0.2) is 0 Å². The molecule has 3 rings (SSSR count). The fourth-order valence-electron chi connectivity index (χ4n) is 2.66. The number of fused-ring (bicyclic) bond motifs is 1. The molecule has 0 N–H and O–H groups in total. The van der Waals surface area contributed by atoms with E-state index in [-0.39, 0.29) is 18.0 Å². The fraction of sp³-hybridized carbons (Fsp3) is 0.778. The van der Waals surface area contributed by atoms with Crippen LogP contribution < -0.4 is 0 Å². The maximum absolute atomic E-state index is 11.7. The first-order chi connectivity index (χ1) is 5.97. The summed E-state index contributed by atoms with van der Waals surface area (Å²) in [5.41, 5.74) is -1.58. The smallest absolute Gasteiger partial charge is 0.196 e. The van der Waals surface area contributed by atoms with Gasteiger partial charge in [-0.2, -0.15) is 0 Å². The molecule has 0 aromatic rings. The number of carbonyl (C=O) groups is 2. The maximum atomic E-state index is 11.7. The summed E-state index contributed by atoms with van der Waals surface area (Å²) in [7, 11) is 0. The van der Waals surface area contributed by atoms with Crippen LogP contribution in [0.2, 0.25) is 0 Å². The minimum absolute atomic E-state index is 0.00153. The molecule has 4 nitrogen and oxygen atoms in total. The summed E-state index contributed by atoms with van der Waals surface area (Å²) in [5.74, 6) is -0.0737. The van der Waals surface area contributed by atoms with Crippen LogP contribution in [0.15, 0.2) is 0 Å². The van der Waals surface area contributed by atoms with Crippen LogP contribution in [0.5, 0.6) is 0 Å². The normalized spacial score (nSPS) is 58.0. The second-order valence-electron chi connectivity index (χ2n) is 4.42. The molecule has 13 heavy (non-hydrogen) atoms. The summed E-state index contributed by atoms with van der Waals surface area (Å²) >= 11 is 0. The predicted octanol–water partition coefficient (Wildman–Crippen LogP) is -0.157. The first-order valence-electron chi connectivity index (χ1n) is 4.40. The number of ketones is 2. The van der Waals surface area contributed by atoms with Crippen molar-refractivity contribution in [3.8, 4) is 0 Å². The molecule has 0 aromatic heterocycles. The van der Waals surface area contributed by atoms with Crippen LogP contribution in [-0.4, -0.2) is 35.0 Å².